The van der Waals surface area contributed by atoms with E-state index in [0.717, 1.165) is 18.4 Å². The summed E-state index contributed by atoms with van der Waals surface area (Å²) in [6.07, 6.45) is 1.33. The van der Waals surface area contributed by atoms with Gasteiger partial charge in [-0.1, -0.05) is 51.1 Å². The van der Waals surface area contributed by atoms with E-state index in [1.54, 1.807) is 0 Å². The SMILES string of the molecule is CC1(C)[C@H]2CC[C@@]1(C)[C@@](O)(c1ccccc1)[C@H]2O. The Morgan fingerprint density at radius 1 is 1.11 bits per heavy atom. The van der Waals surface area contributed by atoms with Crippen molar-refractivity contribution in [2.75, 3.05) is 0 Å². The topological polar surface area (TPSA) is 40.5 Å². The van der Waals surface area contributed by atoms with Gasteiger partial charge in [0.05, 0.1) is 6.10 Å². The molecule has 1 aromatic rings. The predicted octanol–water partition coefficient (Wildman–Crippen LogP) is 2.69. The summed E-state index contributed by atoms with van der Waals surface area (Å²) in [6, 6.07) is 9.68. The fraction of sp³-hybridized carbons (Fsp3) is 0.625. The van der Waals surface area contributed by atoms with Crippen molar-refractivity contribution in [3.63, 3.8) is 0 Å². The van der Waals surface area contributed by atoms with E-state index in [4.69, 9.17) is 0 Å². The lowest BCUT2D eigenvalue weighted by molar-refractivity contribution is -0.154. The molecule has 3 rings (SSSR count). The summed E-state index contributed by atoms with van der Waals surface area (Å²) in [6.45, 7) is 6.51. The van der Waals surface area contributed by atoms with Crippen molar-refractivity contribution in [2.45, 2.75) is 45.3 Å². The van der Waals surface area contributed by atoms with Crippen LogP contribution in [0.2, 0.25) is 0 Å². The molecule has 2 aliphatic rings. The van der Waals surface area contributed by atoms with E-state index in [1.165, 1.54) is 0 Å². The highest BCUT2D eigenvalue weighted by atomic mass is 16.3. The quantitative estimate of drug-likeness (QED) is 0.800. The van der Waals surface area contributed by atoms with Crippen LogP contribution in [0.3, 0.4) is 0 Å². The maximum atomic E-state index is 11.3. The van der Waals surface area contributed by atoms with Crippen LogP contribution in [-0.4, -0.2) is 16.3 Å². The first-order valence-corrected chi connectivity index (χ1v) is 6.81. The summed E-state index contributed by atoms with van der Waals surface area (Å²) in [5.41, 5.74) is -0.543. The summed E-state index contributed by atoms with van der Waals surface area (Å²) in [5, 5.41) is 21.9. The van der Waals surface area contributed by atoms with Crippen LogP contribution in [-0.2, 0) is 5.60 Å². The Labute approximate surface area is 109 Å². The monoisotopic (exact) mass is 246 g/mol. The highest BCUT2D eigenvalue weighted by molar-refractivity contribution is 5.34. The standard InChI is InChI=1S/C16H22O2/c1-14(2)12-9-10-15(14,3)16(18,13(12)17)11-7-5-4-6-8-11/h4-8,12-13,17-18H,9-10H2,1-3H3/t12-,13-,15+,16+/m0/s1. The van der Waals surface area contributed by atoms with Crippen molar-refractivity contribution in [3.8, 4) is 0 Å². The second kappa shape index (κ2) is 3.37. The molecular formula is C16H22O2. The summed E-state index contributed by atoms with van der Waals surface area (Å²) in [4.78, 5) is 0. The molecule has 0 aromatic heterocycles. The molecule has 2 bridgehead atoms. The molecule has 0 aliphatic heterocycles. The molecule has 0 amide bonds. The van der Waals surface area contributed by atoms with Gasteiger partial charge in [0.15, 0.2) is 0 Å². The first-order valence-electron chi connectivity index (χ1n) is 6.81. The maximum Gasteiger partial charge on any atom is 0.121 e. The zero-order valence-electron chi connectivity index (χ0n) is 11.4. The van der Waals surface area contributed by atoms with Crippen molar-refractivity contribution in [3.05, 3.63) is 35.9 Å². The van der Waals surface area contributed by atoms with Crippen molar-refractivity contribution >= 4 is 0 Å². The lowest BCUT2D eigenvalue weighted by atomic mass is 9.62. The molecule has 4 atom stereocenters. The highest BCUT2D eigenvalue weighted by Crippen LogP contribution is 2.72. The largest absolute Gasteiger partial charge is 0.389 e. The molecule has 0 radical (unpaired) electrons. The van der Waals surface area contributed by atoms with E-state index in [1.807, 2.05) is 30.3 Å². The Bertz CT molecular complexity index is 467. The van der Waals surface area contributed by atoms with Crippen LogP contribution in [0.5, 0.6) is 0 Å². The van der Waals surface area contributed by atoms with Crippen LogP contribution in [0.1, 0.15) is 39.2 Å². The Kier molecular flexibility index (Phi) is 2.28. The second-order valence-corrected chi connectivity index (χ2v) is 6.78. The van der Waals surface area contributed by atoms with Gasteiger partial charge in [-0.2, -0.15) is 0 Å². The van der Waals surface area contributed by atoms with E-state index < -0.39 is 11.7 Å². The van der Waals surface area contributed by atoms with E-state index in [9.17, 15) is 10.2 Å². The van der Waals surface area contributed by atoms with E-state index in [2.05, 4.69) is 20.8 Å². The molecule has 0 saturated heterocycles. The Morgan fingerprint density at radius 3 is 2.22 bits per heavy atom. The summed E-state index contributed by atoms with van der Waals surface area (Å²) in [5.74, 6) is 0.188. The minimum atomic E-state index is -1.11. The number of hydrogen-bond acceptors (Lipinski definition) is 2. The molecule has 2 fully saturated rings. The minimum Gasteiger partial charge on any atom is -0.389 e. The second-order valence-electron chi connectivity index (χ2n) is 6.78. The minimum absolute atomic E-state index is 0.0307. The maximum absolute atomic E-state index is 11.3. The molecule has 2 nitrogen and oxygen atoms in total. The van der Waals surface area contributed by atoms with E-state index >= 15 is 0 Å². The van der Waals surface area contributed by atoms with E-state index in [0.29, 0.717) is 0 Å². The van der Waals surface area contributed by atoms with Gasteiger partial charge < -0.3 is 10.2 Å². The number of hydrogen-bond donors (Lipinski definition) is 2. The van der Waals surface area contributed by atoms with Crippen molar-refractivity contribution in [2.24, 2.45) is 16.7 Å². The van der Waals surface area contributed by atoms with Gasteiger partial charge in [-0.25, -0.2) is 0 Å². The average molecular weight is 246 g/mol. The number of aliphatic hydroxyl groups is 2. The van der Waals surface area contributed by atoms with Crippen LogP contribution >= 0.6 is 0 Å². The molecule has 2 heteroatoms. The average Bonchev–Trinajstić information content (AvgIpc) is 2.65. The fourth-order valence-electron chi connectivity index (χ4n) is 4.57. The zero-order valence-corrected chi connectivity index (χ0v) is 11.4. The number of fused-ring (bicyclic) bond motifs is 2. The Balaban J connectivity index is 2.19. The van der Waals surface area contributed by atoms with Gasteiger partial charge in [-0.3, -0.25) is 0 Å². The first kappa shape index (κ1) is 12.2. The van der Waals surface area contributed by atoms with Crippen molar-refractivity contribution < 1.29 is 10.2 Å². The van der Waals surface area contributed by atoms with Crippen molar-refractivity contribution in [1.82, 2.24) is 0 Å². The number of rotatable bonds is 1. The van der Waals surface area contributed by atoms with Crippen molar-refractivity contribution in [1.29, 1.82) is 0 Å². The summed E-state index contributed by atoms with van der Waals surface area (Å²) in [7, 11) is 0. The highest BCUT2D eigenvalue weighted by Gasteiger charge is 2.73. The van der Waals surface area contributed by atoms with Crippen LogP contribution in [0.4, 0.5) is 0 Å². The van der Waals surface area contributed by atoms with Gasteiger partial charge in [0.2, 0.25) is 0 Å². The van der Waals surface area contributed by atoms with Gasteiger partial charge >= 0.3 is 0 Å². The third-order valence-electron chi connectivity index (χ3n) is 6.17. The van der Waals surface area contributed by atoms with Crippen LogP contribution in [0.25, 0.3) is 0 Å². The van der Waals surface area contributed by atoms with Crippen LogP contribution < -0.4 is 0 Å². The summed E-state index contributed by atoms with van der Waals surface area (Å²) >= 11 is 0. The molecule has 2 aliphatic carbocycles. The third-order valence-corrected chi connectivity index (χ3v) is 6.17. The lowest BCUT2D eigenvalue weighted by Crippen LogP contribution is -2.50. The third kappa shape index (κ3) is 1.07. The van der Waals surface area contributed by atoms with Gasteiger partial charge in [0.25, 0.3) is 0 Å². The fourth-order valence-corrected chi connectivity index (χ4v) is 4.57. The molecule has 98 valence electrons. The summed E-state index contributed by atoms with van der Waals surface area (Å²) < 4.78 is 0. The molecule has 2 saturated carbocycles. The predicted molar refractivity (Wildman–Crippen MR) is 71.0 cm³/mol. The van der Waals surface area contributed by atoms with Crippen LogP contribution in [0, 0.1) is 16.7 Å². The number of benzene rings is 1. The van der Waals surface area contributed by atoms with Gasteiger partial charge in [0, 0.05) is 5.41 Å². The molecule has 1 aromatic carbocycles. The molecular weight excluding hydrogens is 224 g/mol. The van der Waals surface area contributed by atoms with E-state index in [-0.39, 0.29) is 16.7 Å². The zero-order chi connectivity index (χ0) is 13.2. The smallest absolute Gasteiger partial charge is 0.121 e. The Morgan fingerprint density at radius 2 is 1.72 bits per heavy atom. The first-order chi connectivity index (χ1) is 8.36. The van der Waals surface area contributed by atoms with Crippen LogP contribution in [0.15, 0.2) is 30.3 Å². The molecule has 0 heterocycles. The van der Waals surface area contributed by atoms with Gasteiger partial charge in [0.1, 0.15) is 5.60 Å². The molecule has 2 N–H and O–H groups in total. The molecule has 0 spiro atoms. The van der Waals surface area contributed by atoms with Gasteiger partial charge in [-0.05, 0) is 29.7 Å². The lowest BCUT2D eigenvalue weighted by Gasteiger charge is -2.46. The molecule has 0 unspecified atom stereocenters. The Hall–Kier alpha value is -0.860. The number of aliphatic hydroxyl groups excluding tert-OH is 1. The normalized spacial score (nSPS) is 45.4. The molecule has 18 heavy (non-hydrogen) atoms. The van der Waals surface area contributed by atoms with Gasteiger partial charge in [-0.15, -0.1) is 0 Å².